The zero-order valence-electron chi connectivity index (χ0n) is 28.3. The maximum absolute atomic E-state index is 3.74. The molecule has 0 aliphatic heterocycles. The smallest absolute Gasteiger partial charge is 0.247 e. The summed E-state index contributed by atoms with van der Waals surface area (Å²) in [5.41, 5.74) is 0. The van der Waals surface area contributed by atoms with Gasteiger partial charge in [0.1, 0.15) is 12.4 Å². The Labute approximate surface area is 253 Å². The monoisotopic (exact) mass is 560 g/mol. The van der Waals surface area contributed by atoms with Gasteiger partial charge in [-0.1, -0.05) is 181 Å². The third kappa shape index (κ3) is 20.1. The molecule has 0 spiro atoms. The summed E-state index contributed by atoms with van der Waals surface area (Å²) in [6, 6.07) is 0.621. The molecule has 0 saturated carbocycles. The van der Waals surface area contributed by atoms with E-state index in [2.05, 4.69) is 49.6 Å². The van der Waals surface area contributed by atoms with Crippen molar-refractivity contribution >= 4 is 0 Å². The molecule has 0 aliphatic carbocycles. The minimum absolute atomic E-state index is 0.621. The summed E-state index contributed by atoms with van der Waals surface area (Å²) >= 11 is 0. The third-order valence-corrected chi connectivity index (χ3v) is 9.39. The second kappa shape index (κ2) is 28.3. The molecule has 2 atom stereocenters. The van der Waals surface area contributed by atoms with E-state index in [0.717, 1.165) is 0 Å². The fraction of sp³-hybridized carbons (Fsp3) is 0.921. The lowest BCUT2D eigenvalue weighted by Gasteiger charge is -2.17. The molecule has 2 heteroatoms. The molecule has 2 nitrogen and oxygen atoms in total. The predicted octanol–water partition coefficient (Wildman–Crippen LogP) is 13.3. The molecule has 1 aromatic rings. The molecule has 0 bridgehead atoms. The minimum Gasteiger partial charge on any atom is -0.247 e. The van der Waals surface area contributed by atoms with E-state index in [1.54, 1.807) is 0 Å². The molecule has 1 N–H and O–H groups in total. The van der Waals surface area contributed by atoms with E-state index in [9.17, 15) is 0 Å². The molecule has 40 heavy (non-hydrogen) atoms. The summed E-state index contributed by atoms with van der Waals surface area (Å²) in [6.45, 7) is 9.41. The Balaban J connectivity index is 2.44. The molecular formula is C38H75N2+. The second-order valence-corrected chi connectivity index (χ2v) is 13.3. The number of rotatable bonds is 31. The van der Waals surface area contributed by atoms with Gasteiger partial charge < -0.3 is 0 Å². The number of imidazole rings is 1. The van der Waals surface area contributed by atoms with E-state index in [1.165, 1.54) is 192 Å². The second-order valence-electron chi connectivity index (χ2n) is 13.3. The third-order valence-electron chi connectivity index (χ3n) is 9.39. The number of unbranched alkanes of at least 4 members (excludes halogenated alkanes) is 23. The van der Waals surface area contributed by atoms with Gasteiger partial charge in [0.15, 0.2) is 0 Å². The van der Waals surface area contributed by atoms with Crippen LogP contribution in [0.15, 0.2) is 12.4 Å². The van der Waals surface area contributed by atoms with Gasteiger partial charge in [0.2, 0.25) is 0 Å². The number of H-pyrrole nitrogens is 1. The quantitative estimate of drug-likeness (QED) is 0.0689. The lowest BCUT2D eigenvalue weighted by Crippen LogP contribution is -2.41. The van der Waals surface area contributed by atoms with Crippen molar-refractivity contribution in [2.75, 3.05) is 0 Å². The van der Waals surface area contributed by atoms with Crippen molar-refractivity contribution in [3.63, 3.8) is 0 Å². The summed E-state index contributed by atoms with van der Waals surface area (Å²) in [6.07, 6.45) is 45.7. The van der Waals surface area contributed by atoms with Gasteiger partial charge in [-0.2, -0.15) is 0 Å². The Kier molecular flexibility index (Phi) is 26.4. The fourth-order valence-electron chi connectivity index (χ4n) is 6.60. The van der Waals surface area contributed by atoms with Gasteiger partial charge in [-0.25, -0.2) is 9.55 Å². The van der Waals surface area contributed by atoms with Crippen molar-refractivity contribution in [2.45, 2.75) is 226 Å². The Morgan fingerprint density at radius 3 is 1.18 bits per heavy atom. The van der Waals surface area contributed by atoms with Crippen molar-refractivity contribution in [1.29, 1.82) is 0 Å². The van der Waals surface area contributed by atoms with Crippen LogP contribution in [-0.4, -0.2) is 4.98 Å². The molecule has 1 heterocycles. The molecule has 1 aromatic heterocycles. The molecule has 0 aliphatic rings. The van der Waals surface area contributed by atoms with Crippen LogP contribution in [0.1, 0.15) is 232 Å². The lowest BCUT2D eigenvalue weighted by molar-refractivity contribution is -0.727. The first kappa shape index (κ1) is 37.2. The van der Waals surface area contributed by atoms with Crippen molar-refractivity contribution in [3.05, 3.63) is 18.2 Å². The number of nitrogens with one attached hydrogen (secondary N) is 1. The van der Waals surface area contributed by atoms with Crippen molar-refractivity contribution < 1.29 is 4.57 Å². The number of hydrogen-bond donors (Lipinski definition) is 1. The SMILES string of the molecule is CCCCCCCCCCCCCC(CCCCCCCCC)c1[nH]cc[n+]1C(C)CCCCCCCCCC. The molecule has 2 unspecified atom stereocenters. The first-order chi connectivity index (χ1) is 19.7. The van der Waals surface area contributed by atoms with E-state index in [1.807, 2.05) is 0 Å². The Morgan fingerprint density at radius 2 is 0.800 bits per heavy atom. The molecule has 0 saturated heterocycles. The minimum atomic E-state index is 0.621. The summed E-state index contributed by atoms with van der Waals surface area (Å²) in [5.74, 6) is 2.25. The molecule has 236 valence electrons. The average molecular weight is 560 g/mol. The molecule has 1 rings (SSSR count). The van der Waals surface area contributed by atoms with E-state index in [-0.39, 0.29) is 0 Å². The van der Waals surface area contributed by atoms with E-state index in [4.69, 9.17) is 0 Å². The number of aromatic amines is 1. The van der Waals surface area contributed by atoms with Crippen LogP contribution in [0.25, 0.3) is 0 Å². The zero-order chi connectivity index (χ0) is 28.9. The summed E-state index contributed by atoms with van der Waals surface area (Å²) < 4.78 is 2.63. The Bertz CT molecular complexity index is 621. The highest BCUT2D eigenvalue weighted by atomic mass is 15.1. The van der Waals surface area contributed by atoms with Gasteiger partial charge in [0.25, 0.3) is 5.82 Å². The van der Waals surface area contributed by atoms with Crippen molar-refractivity contribution in [1.82, 2.24) is 4.98 Å². The molecule has 0 amide bonds. The fourth-order valence-corrected chi connectivity index (χ4v) is 6.60. The topological polar surface area (TPSA) is 19.7 Å². The maximum Gasteiger partial charge on any atom is 0.257 e. The van der Waals surface area contributed by atoms with E-state index >= 15 is 0 Å². The first-order valence-corrected chi connectivity index (χ1v) is 18.8. The number of nitrogens with zero attached hydrogens (tertiary/aromatic N) is 1. The van der Waals surface area contributed by atoms with Gasteiger partial charge in [-0.05, 0) is 32.6 Å². The Morgan fingerprint density at radius 1 is 0.475 bits per heavy atom. The van der Waals surface area contributed by atoms with Crippen LogP contribution in [0.4, 0.5) is 0 Å². The normalized spacial score (nSPS) is 13.2. The summed E-state index contributed by atoms with van der Waals surface area (Å²) in [7, 11) is 0. The average Bonchev–Trinajstić information content (AvgIpc) is 3.45. The van der Waals surface area contributed by atoms with Crippen LogP contribution in [0, 0.1) is 0 Å². The van der Waals surface area contributed by atoms with Gasteiger partial charge in [-0.3, -0.25) is 0 Å². The largest absolute Gasteiger partial charge is 0.257 e. The van der Waals surface area contributed by atoms with Crippen LogP contribution in [0.2, 0.25) is 0 Å². The van der Waals surface area contributed by atoms with Gasteiger partial charge in [-0.15, -0.1) is 0 Å². The molecule has 0 aromatic carbocycles. The number of aromatic nitrogens is 2. The highest BCUT2D eigenvalue weighted by molar-refractivity contribution is 4.90. The van der Waals surface area contributed by atoms with Crippen LogP contribution < -0.4 is 4.57 Å². The number of hydrogen-bond acceptors (Lipinski definition) is 0. The van der Waals surface area contributed by atoms with Gasteiger partial charge in [0, 0.05) is 0 Å². The first-order valence-electron chi connectivity index (χ1n) is 18.8. The molecule has 0 radical (unpaired) electrons. The van der Waals surface area contributed by atoms with Crippen molar-refractivity contribution in [3.8, 4) is 0 Å². The van der Waals surface area contributed by atoms with Crippen LogP contribution in [0.5, 0.6) is 0 Å². The zero-order valence-corrected chi connectivity index (χ0v) is 28.3. The summed E-state index contributed by atoms with van der Waals surface area (Å²) in [4.78, 5) is 3.74. The van der Waals surface area contributed by atoms with Gasteiger partial charge in [0.05, 0.1) is 12.0 Å². The Hall–Kier alpha value is -0.790. The summed E-state index contributed by atoms with van der Waals surface area (Å²) in [5, 5.41) is 0. The van der Waals surface area contributed by atoms with E-state index < -0.39 is 0 Å². The molecule has 0 fully saturated rings. The molecular weight excluding hydrogens is 484 g/mol. The van der Waals surface area contributed by atoms with Crippen molar-refractivity contribution in [2.24, 2.45) is 0 Å². The van der Waals surface area contributed by atoms with Gasteiger partial charge >= 0.3 is 0 Å². The van der Waals surface area contributed by atoms with Crippen LogP contribution >= 0.6 is 0 Å². The standard InChI is InChI=1S/C38H74N2/c1-5-8-11-14-17-19-20-21-24-27-30-33-37(32-29-26-22-16-13-10-7-3)38-39-34-35-40(38)36(4)31-28-25-23-18-15-12-9-6-2/h34-37H,5-33H2,1-4H3/p+1. The highest BCUT2D eigenvalue weighted by Crippen LogP contribution is 2.27. The van der Waals surface area contributed by atoms with E-state index in [0.29, 0.717) is 12.0 Å². The lowest BCUT2D eigenvalue weighted by atomic mass is 9.92. The maximum atomic E-state index is 3.74. The van der Waals surface area contributed by atoms with Crippen LogP contribution in [-0.2, 0) is 0 Å². The highest BCUT2D eigenvalue weighted by Gasteiger charge is 2.25. The van der Waals surface area contributed by atoms with Crippen LogP contribution in [0.3, 0.4) is 0 Å². The predicted molar refractivity (Wildman–Crippen MR) is 179 cm³/mol.